The molecule has 1 rings (SSSR count). The summed E-state index contributed by atoms with van der Waals surface area (Å²) in [6.07, 6.45) is -6.60. The molecule has 0 bridgehead atoms. The quantitative estimate of drug-likeness (QED) is 0.519. The number of halogens is 4. The lowest BCUT2D eigenvalue weighted by molar-refractivity contribution is -0.205. The van der Waals surface area contributed by atoms with Crippen molar-refractivity contribution in [2.75, 3.05) is 5.75 Å². The predicted octanol–water partition coefficient (Wildman–Crippen LogP) is 3.82. The number of alkyl halides is 3. The van der Waals surface area contributed by atoms with E-state index < -0.39 is 18.4 Å². The third-order valence-electron chi connectivity index (χ3n) is 2.33. The van der Waals surface area contributed by atoms with Crippen molar-refractivity contribution in [2.24, 2.45) is 5.73 Å². The maximum absolute atomic E-state index is 12.2. The molecule has 8 heteroatoms. The van der Waals surface area contributed by atoms with Crippen molar-refractivity contribution in [1.29, 1.82) is 0 Å². The van der Waals surface area contributed by atoms with E-state index in [1.165, 1.54) is 17.8 Å². The van der Waals surface area contributed by atoms with Crippen molar-refractivity contribution in [3.05, 3.63) is 28.3 Å². The van der Waals surface area contributed by atoms with Gasteiger partial charge in [-0.25, -0.2) is 4.79 Å². The second-order valence-corrected chi connectivity index (χ2v) is 5.61. The second kappa shape index (κ2) is 6.69. The summed E-state index contributed by atoms with van der Waals surface area (Å²) in [6, 6.07) is 3.07. The van der Waals surface area contributed by atoms with E-state index in [9.17, 15) is 18.0 Å². The van der Waals surface area contributed by atoms with Crippen molar-refractivity contribution in [1.82, 2.24) is 0 Å². The molecule has 2 N–H and O–H groups in total. The van der Waals surface area contributed by atoms with Gasteiger partial charge in [-0.15, -0.1) is 11.8 Å². The maximum Gasteiger partial charge on any atom is 0.490 e. The van der Waals surface area contributed by atoms with Gasteiger partial charge in [0.25, 0.3) is 0 Å². The molecule has 1 unspecified atom stereocenters. The highest BCUT2D eigenvalue weighted by Crippen LogP contribution is 2.34. The van der Waals surface area contributed by atoms with Crippen LogP contribution in [0.5, 0.6) is 0 Å². The summed E-state index contributed by atoms with van der Waals surface area (Å²) in [4.78, 5) is 11.5. The van der Waals surface area contributed by atoms with E-state index in [0.717, 1.165) is 5.56 Å². The molecule has 3 nitrogen and oxygen atoms in total. The molecular formula is C12H13ClF3NO2S. The van der Waals surface area contributed by atoms with Gasteiger partial charge in [-0.05, 0) is 30.4 Å². The average Bonchev–Trinajstić information content (AvgIpc) is 2.30. The van der Waals surface area contributed by atoms with Crippen LogP contribution in [0.25, 0.3) is 0 Å². The highest BCUT2D eigenvalue weighted by atomic mass is 35.5. The SMILES string of the molecule is CCSc1c(C)cc(Cl)cc1C(N)OC(=O)C(F)(F)F. The van der Waals surface area contributed by atoms with Crippen LogP contribution in [0.4, 0.5) is 13.2 Å². The van der Waals surface area contributed by atoms with E-state index in [1.807, 2.05) is 6.92 Å². The van der Waals surface area contributed by atoms with E-state index in [-0.39, 0.29) is 5.56 Å². The van der Waals surface area contributed by atoms with Crippen LogP contribution in [0.3, 0.4) is 0 Å². The summed E-state index contributed by atoms with van der Waals surface area (Å²) in [7, 11) is 0. The molecule has 0 aliphatic rings. The molecular weight excluding hydrogens is 315 g/mol. The molecule has 0 aliphatic heterocycles. The zero-order valence-electron chi connectivity index (χ0n) is 10.8. The molecule has 0 spiro atoms. The molecule has 0 amide bonds. The van der Waals surface area contributed by atoms with Gasteiger partial charge in [0, 0.05) is 15.5 Å². The average molecular weight is 328 g/mol. The van der Waals surface area contributed by atoms with Crippen LogP contribution in [-0.2, 0) is 9.53 Å². The summed E-state index contributed by atoms with van der Waals surface area (Å²) in [6.45, 7) is 3.64. The Bertz CT molecular complexity index is 508. The van der Waals surface area contributed by atoms with E-state index in [1.54, 1.807) is 13.0 Å². The summed E-state index contributed by atoms with van der Waals surface area (Å²) < 4.78 is 40.8. The first-order valence-electron chi connectivity index (χ1n) is 5.63. The molecule has 1 aromatic carbocycles. The Balaban J connectivity index is 3.08. The van der Waals surface area contributed by atoms with Crippen LogP contribution >= 0.6 is 23.4 Å². The molecule has 0 fully saturated rings. The van der Waals surface area contributed by atoms with Gasteiger partial charge in [-0.2, -0.15) is 13.2 Å². The molecule has 0 saturated carbocycles. The number of ether oxygens (including phenoxy) is 1. The Labute approximate surface area is 123 Å². The largest absolute Gasteiger partial charge is 0.490 e. The van der Waals surface area contributed by atoms with Crippen molar-refractivity contribution in [3.8, 4) is 0 Å². The Morgan fingerprint density at radius 1 is 1.50 bits per heavy atom. The Morgan fingerprint density at radius 2 is 2.10 bits per heavy atom. The lowest BCUT2D eigenvalue weighted by atomic mass is 10.1. The normalized spacial score (nSPS) is 13.2. The molecule has 1 atom stereocenters. The van der Waals surface area contributed by atoms with Gasteiger partial charge in [0.15, 0.2) is 6.23 Å². The number of rotatable bonds is 4. The smallest absolute Gasteiger partial charge is 0.436 e. The number of aryl methyl sites for hydroxylation is 1. The number of thioether (sulfide) groups is 1. The lowest BCUT2D eigenvalue weighted by Crippen LogP contribution is -2.30. The molecule has 0 aromatic heterocycles. The third-order valence-corrected chi connectivity index (χ3v) is 3.68. The van der Waals surface area contributed by atoms with E-state index in [4.69, 9.17) is 17.3 Å². The third kappa shape index (κ3) is 4.29. The van der Waals surface area contributed by atoms with Crippen LogP contribution in [0, 0.1) is 6.92 Å². The van der Waals surface area contributed by atoms with Gasteiger partial charge in [0.2, 0.25) is 0 Å². The fraction of sp³-hybridized carbons (Fsp3) is 0.417. The van der Waals surface area contributed by atoms with Crippen molar-refractivity contribution >= 4 is 29.3 Å². The van der Waals surface area contributed by atoms with Gasteiger partial charge < -0.3 is 4.74 Å². The number of nitrogens with two attached hydrogens (primary N) is 1. The van der Waals surface area contributed by atoms with Gasteiger partial charge in [-0.1, -0.05) is 18.5 Å². The summed E-state index contributed by atoms with van der Waals surface area (Å²) in [5.74, 6) is -1.63. The standard InChI is InChI=1S/C12H13ClF3NO2S/c1-3-20-9-6(2)4-7(13)5-8(9)10(17)19-11(18)12(14,15)16/h4-5,10H,3,17H2,1-2H3. The summed E-state index contributed by atoms with van der Waals surface area (Å²) in [5.41, 5.74) is 6.57. The Kier molecular flexibility index (Phi) is 5.73. The minimum Gasteiger partial charge on any atom is -0.436 e. The van der Waals surface area contributed by atoms with Gasteiger partial charge >= 0.3 is 12.1 Å². The fourth-order valence-corrected chi connectivity index (χ4v) is 2.75. The minimum atomic E-state index is -5.08. The van der Waals surface area contributed by atoms with E-state index in [0.29, 0.717) is 15.7 Å². The zero-order valence-corrected chi connectivity index (χ0v) is 12.3. The van der Waals surface area contributed by atoms with Gasteiger partial charge in [-0.3, -0.25) is 5.73 Å². The van der Waals surface area contributed by atoms with Crippen molar-refractivity contribution < 1.29 is 22.7 Å². The van der Waals surface area contributed by atoms with E-state index in [2.05, 4.69) is 4.74 Å². The molecule has 20 heavy (non-hydrogen) atoms. The molecule has 1 aromatic rings. The fourth-order valence-electron chi connectivity index (χ4n) is 1.55. The number of esters is 1. The molecule has 0 saturated heterocycles. The number of hydrogen-bond donors (Lipinski definition) is 1. The van der Waals surface area contributed by atoms with Gasteiger partial charge in [0.1, 0.15) is 0 Å². The lowest BCUT2D eigenvalue weighted by Gasteiger charge is -2.19. The molecule has 112 valence electrons. The van der Waals surface area contributed by atoms with Crippen LogP contribution in [0.2, 0.25) is 5.02 Å². The van der Waals surface area contributed by atoms with Crippen molar-refractivity contribution in [3.63, 3.8) is 0 Å². The van der Waals surface area contributed by atoms with E-state index >= 15 is 0 Å². The maximum atomic E-state index is 12.2. The monoisotopic (exact) mass is 327 g/mol. The summed E-state index contributed by atoms with van der Waals surface area (Å²) in [5, 5.41) is 0.316. The van der Waals surface area contributed by atoms with Crippen molar-refractivity contribution in [2.45, 2.75) is 31.1 Å². The zero-order chi connectivity index (χ0) is 15.5. The van der Waals surface area contributed by atoms with Gasteiger partial charge in [0.05, 0.1) is 0 Å². The predicted molar refractivity (Wildman–Crippen MR) is 71.7 cm³/mol. The highest BCUT2D eigenvalue weighted by molar-refractivity contribution is 7.99. The molecule has 0 aliphatic carbocycles. The van der Waals surface area contributed by atoms with Crippen LogP contribution < -0.4 is 5.73 Å². The molecule has 0 heterocycles. The molecule has 0 radical (unpaired) electrons. The number of hydrogen-bond acceptors (Lipinski definition) is 4. The Morgan fingerprint density at radius 3 is 2.60 bits per heavy atom. The first-order chi connectivity index (χ1) is 9.16. The first-order valence-corrected chi connectivity index (χ1v) is 6.99. The Hall–Kier alpha value is -0.920. The number of carbonyl (C=O) groups is 1. The number of carbonyl (C=O) groups excluding carboxylic acids is 1. The first kappa shape index (κ1) is 17.1. The van der Waals surface area contributed by atoms with Crippen LogP contribution in [-0.4, -0.2) is 17.9 Å². The second-order valence-electron chi connectivity index (χ2n) is 3.90. The van der Waals surface area contributed by atoms with Crippen LogP contribution in [0.15, 0.2) is 17.0 Å². The minimum absolute atomic E-state index is 0.263. The highest BCUT2D eigenvalue weighted by Gasteiger charge is 2.42. The number of benzene rings is 1. The topological polar surface area (TPSA) is 52.3 Å². The summed E-state index contributed by atoms with van der Waals surface area (Å²) >= 11 is 7.25. The van der Waals surface area contributed by atoms with Crippen LogP contribution in [0.1, 0.15) is 24.3 Å².